The molecule has 0 amide bonds. The van der Waals surface area contributed by atoms with Crippen LogP contribution in [-0.4, -0.2) is 36.7 Å². The van der Waals surface area contributed by atoms with Gasteiger partial charge in [-0.2, -0.15) is 0 Å². The van der Waals surface area contributed by atoms with Crippen molar-refractivity contribution in [1.29, 1.82) is 0 Å². The van der Waals surface area contributed by atoms with Crippen molar-refractivity contribution in [3.05, 3.63) is 29.3 Å². The Morgan fingerprint density at radius 2 is 1.94 bits per heavy atom. The predicted octanol–water partition coefficient (Wildman–Crippen LogP) is 1.10. The molecule has 0 radical (unpaired) electrons. The van der Waals surface area contributed by atoms with Crippen molar-refractivity contribution >= 4 is 0 Å². The Morgan fingerprint density at radius 1 is 1.31 bits per heavy atom. The first-order valence-corrected chi connectivity index (χ1v) is 4.99. The molecule has 0 bridgehead atoms. The highest BCUT2D eigenvalue weighted by molar-refractivity contribution is 5.30. The van der Waals surface area contributed by atoms with Gasteiger partial charge in [0.15, 0.2) is 11.6 Å². The molecule has 16 heavy (non-hydrogen) atoms. The van der Waals surface area contributed by atoms with Crippen LogP contribution in [0, 0.1) is 11.6 Å². The van der Waals surface area contributed by atoms with Crippen LogP contribution in [0.4, 0.5) is 8.78 Å². The maximum atomic E-state index is 13.4. The van der Waals surface area contributed by atoms with Gasteiger partial charge in [-0.25, -0.2) is 8.78 Å². The van der Waals surface area contributed by atoms with E-state index in [2.05, 4.69) is 0 Å². The van der Waals surface area contributed by atoms with E-state index in [0.717, 1.165) is 12.1 Å². The van der Waals surface area contributed by atoms with Crippen molar-refractivity contribution in [2.45, 2.75) is 12.5 Å². The SMILES string of the molecule is CN(C)[C@H](CN)Cc1cc(F)c(O)cc1F. The van der Waals surface area contributed by atoms with E-state index in [0.29, 0.717) is 13.0 Å². The topological polar surface area (TPSA) is 49.5 Å². The van der Waals surface area contributed by atoms with Crippen LogP contribution in [0.3, 0.4) is 0 Å². The molecule has 0 aromatic heterocycles. The van der Waals surface area contributed by atoms with Gasteiger partial charge in [-0.15, -0.1) is 0 Å². The van der Waals surface area contributed by atoms with E-state index >= 15 is 0 Å². The van der Waals surface area contributed by atoms with Crippen LogP contribution in [0.5, 0.6) is 5.75 Å². The second kappa shape index (κ2) is 5.23. The average Bonchev–Trinajstić information content (AvgIpc) is 2.21. The van der Waals surface area contributed by atoms with Gasteiger partial charge < -0.3 is 15.7 Å². The lowest BCUT2D eigenvalue weighted by molar-refractivity contribution is 0.295. The Bertz CT molecular complexity index is 369. The van der Waals surface area contributed by atoms with Gasteiger partial charge in [0.05, 0.1) is 0 Å². The molecule has 1 rings (SSSR count). The number of hydrogen-bond donors (Lipinski definition) is 2. The number of hydrogen-bond acceptors (Lipinski definition) is 3. The molecule has 0 heterocycles. The van der Waals surface area contributed by atoms with E-state index < -0.39 is 17.4 Å². The first-order valence-electron chi connectivity index (χ1n) is 4.99. The van der Waals surface area contributed by atoms with E-state index in [4.69, 9.17) is 10.8 Å². The smallest absolute Gasteiger partial charge is 0.165 e. The average molecular weight is 230 g/mol. The number of nitrogens with two attached hydrogens (primary N) is 1. The van der Waals surface area contributed by atoms with Crippen molar-refractivity contribution < 1.29 is 13.9 Å². The number of likely N-dealkylation sites (N-methyl/N-ethyl adjacent to an activating group) is 1. The van der Waals surface area contributed by atoms with Gasteiger partial charge >= 0.3 is 0 Å². The Morgan fingerprint density at radius 3 is 2.44 bits per heavy atom. The van der Waals surface area contributed by atoms with Crippen LogP contribution >= 0.6 is 0 Å². The van der Waals surface area contributed by atoms with Crippen LogP contribution in [-0.2, 0) is 6.42 Å². The van der Waals surface area contributed by atoms with Crippen molar-refractivity contribution in [2.75, 3.05) is 20.6 Å². The Balaban J connectivity index is 2.92. The molecule has 90 valence electrons. The zero-order chi connectivity index (χ0) is 12.3. The van der Waals surface area contributed by atoms with Gasteiger partial charge in [-0.1, -0.05) is 0 Å². The van der Waals surface area contributed by atoms with Crippen molar-refractivity contribution in [3.63, 3.8) is 0 Å². The molecule has 0 aliphatic heterocycles. The third-order valence-electron chi connectivity index (χ3n) is 2.57. The summed E-state index contributed by atoms with van der Waals surface area (Å²) in [5, 5.41) is 8.97. The number of phenols is 1. The molecule has 1 aromatic rings. The van der Waals surface area contributed by atoms with Crippen LogP contribution in [0.15, 0.2) is 12.1 Å². The standard InChI is InChI=1S/C11H16F2N2O/c1-15(2)8(6-14)3-7-4-10(13)11(16)5-9(7)12/h4-5,8,16H,3,6,14H2,1-2H3/t8-/m0/s1. The Hall–Kier alpha value is -1.20. The molecule has 1 aromatic carbocycles. The van der Waals surface area contributed by atoms with E-state index in [-0.39, 0.29) is 11.6 Å². The highest BCUT2D eigenvalue weighted by atomic mass is 19.1. The summed E-state index contributed by atoms with van der Waals surface area (Å²) in [6.07, 6.45) is 0.312. The van der Waals surface area contributed by atoms with E-state index in [1.54, 1.807) is 0 Å². The summed E-state index contributed by atoms with van der Waals surface area (Å²) in [7, 11) is 3.65. The number of nitrogens with zero attached hydrogens (tertiary/aromatic N) is 1. The van der Waals surface area contributed by atoms with Crippen molar-refractivity contribution in [3.8, 4) is 5.75 Å². The predicted molar refractivity (Wildman–Crippen MR) is 58.3 cm³/mol. The zero-order valence-electron chi connectivity index (χ0n) is 9.37. The maximum absolute atomic E-state index is 13.4. The fraction of sp³-hybridized carbons (Fsp3) is 0.455. The summed E-state index contributed by atoms with van der Waals surface area (Å²) in [5.74, 6) is -2.10. The summed E-state index contributed by atoms with van der Waals surface area (Å²) in [5.41, 5.74) is 5.75. The van der Waals surface area contributed by atoms with E-state index in [1.807, 2.05) is 19.0 Å². The Kier molecular flexibility index (Phi) is 4.20. The molecule has 0 spiro atoms. The normalized spacial score (nSPS) is 13.1. The quantitative estimate of drug-likeness (QED) is 0.814. The third kappa shape index (κ3) is 2.90. The highest BCUT2D eigenvalue weighted by Gasteiger charge is 2.15. The summed E-state index contributed by atoms with van der Waals surface area (Å²) in [6, 6.07) is 1.74. The lowest BCUT2D eigenvalue weighted by Crippen LogP contribution is -2.37. The van der Waals surface area contributed by atoms with Crippen molar-refractivity contribution in [1.82, 2.24) is 4.90 Å². The van der Waals surface area contributed by atoms with Crippen LogP contribution in [0.2, 0.25) is 0 Å². The van der Waals surface area contributed by atoms with Crippen LogP contribution < -0.4 is 5.73 Å². The summed E-state index contributed by atoms with van der Waals surface area (Å²) in [4.78, 5) is 1.85. The molecule has 0 fully saturated rings. The van der Waals surface area contributed by atoms with Gasteiger partial charge in [0.25, 0.3) is 0 Å². The lowest BCUT2D eigenvalue weighted by atomic mass is 10.0. The van der Waals surface area contributed by atoms with E-state index in [1.165, 1.54) is 0 Å². The molecule has 3 N–H and O–H groups in total. The number of rotatable bonds is 4. The first-order chi connectivity index (χ1) is 7.45. The molecule has 5 heteroatoms. The molecule has 0 unspecified atom stereocenters. The molecule has 0 saturated carbocycles. The minimum atomic E-state index is -0.814. The fourth-order valence-corrected chi connectivity index (χ4v) is 1.46. The van der Waals surface area contributed by atoms with Gasteiger partial charge in [0, 0.05) is 18.7 Å². The lowest BCUT2D eigenvalue weighted by Gasteiger charge is -2.22. The maximum Gasteiger partial charge on any atom is 0.165 e. The van der Waals surface area contributed by atoms with Gasteiger partial charge in [0.2, 0.25) is 0 Å². The number of phenolic OH excluding ortho intramolecular Hbond substituents is 1. The Labute approximate surface area is 93.5 Å². The second-order valence-electron chi connectivity index (χ2n) is 3.95. The molecule has 0 aliphatic carbocycles. The minimum absolute atomic E-state index is 0.0570. The molecule has 3 nitrogen and oxygen atoms in total. The monoisotopic (exact) mass is 230 g/mol. The number of aromatic hydroxyl groups is 1. The summed E-state index contributed by atoms with van der Waals surface area (Å²) in [6.45, 7) is 0.356. The minimum Gasteiger partial charge on any atom is -0.505 e. The zero-order valence-corrected chi connectivity index (χ0v) is 9.37. The number of halogens is 2. The highest BCUT2D eigenvalue weighted by Crippen LogP contribution is 2.21. The molecule has 0 saturated heterocycles. The van der Waals surface area contributed by atoms with Gasteiger partial charge in [0.1, 0.15) is 5.82 Å². The fourth-order valence-electron chi connectivity index (χ4n) is 1.46. The second-order valence-corrected chi connectivity index (χ2v) is 3.95. The number of benzene rings is 1. The summed E-state index contributed by atoms with van der Waals surface area (Å²) >= 11 is 0. The molecular formula is C11H16F2N2O. The van der Waals surface area contributed by atoms with Crippen LogP contribution in [0.1, 0.15) is 5.56 Å². The van der Waals surface area contributed by atoms with Gasteiger partial charge in [-0.3, -0.25) is 0 Å². The molecular weight excluding hydrogens is 214 g/mol. The molecule has 1 atom stereocenters. The molecule has 0 aliphatic rings. The van der Waals surface area contributed by atoms with Crippen molar-refractivity contribution in [2.24, 2.45) is 5.73 Å². The van der Waals surface area contributed by atoms with E-state index in [9.17, 15) is 8.78 Å². The van der Waals surface area contributed by atoms with Crippen LogP contribution in [0.25, 0.3) is 0 Å². The van der Waals surface area contributed by atoms with Gasteiger partial charge in [-0.05, 0) is 32.1 Å². The summed E-state index contributed by atoms with van der Waals surface area (Å²) < 4.78 is 26.5. The first kappa shape index (κ1) is 12.9. The third-order valence-corrected chi connectivity index (χ3v) is 2.57. The largest absolute Gasteiger partial charge is 0.505 e.